The highest BCUT2D eigenvalue weighted by Gasteiger charge is 2.33. The number of hydrogen-bond acceptors (Lipinski definition) is 8. The van der Waals surface area contributed by atoms with Crippen LogP contribution in [0.5, 0.6) is 5.75 Å². The number of rotatable bonds is 6. The van der Waals surface area contributed by atoms with Gasteiger partial charge in [0.15, 0.2) is 6.29 Å². The first-order valence-corrected chi connectivity index (χ1v) is 9.31. The monoisotopic (exact) mass is 399 g/mol. The number of ether oxygens (including phenoxy) is 1. The van der Waals surface area contributed by atoms with E-state index in [1.54, 1.807) is 6.07 Å². The zero-order chi connectivity index (χ0) is 19.7. The molecule has 10 heteroatoms. The summed E-state index contributed by atoms with van der Waals surface area (Å²) in [5.41, 5.74) is 5.70. The molecule has 142 valence electrons. The maximum absolute atomic E-state index is 12.7. The first-order chi connectivity index (χ1) is 12.5. The number of carbonyl (C=O) groups is 4. The summed E-state index contributed by atoms with van der Waals surface area (Å²) in [6.07, 6.45) is 0.971. The first-order valence-electron chi connectivity index (χ1n) is 7.71. The van der Waals surface area contributed by atoms with Crippen molar-refractivity contribution >= 4 is 47.3 Å². The van der Waals surface area contributed by atoms with Gasteiger partial charge < -0.3 is 15.4 Å². The highest BCUT2D eigenvalue weighted by molar-refractivity contribution is 8.59. The molecule has 0 aromatic heterocycles. The van der Waals surface area contributed by atoms with Crippen LogP contribution in [0.25, 0.3) is 0 Å². The average molecular weight is 399 g/mol. The number of nitrogens with one attached hydrogen (secondary N) is 1. The lowest BCUT2D eigenvalue weighted by molar-refractivity contribution is -0.136. The zero-order valence-corrected chi connectivity index (χ0v) is 16.0. The van der Waals surface area contributed by atoms with E-state index in [0.29, 0.717) is 18.6 Å². The fourth-order valence-electron chi connectivity index (χ4n) is 2.47. The molecule has 1 fully saturated rings. The van der Waals surface area contributed by atoms with Crippen LogP contribution < -0.4 is 15.8 Å². The second-order valence-electron chi connectivity index (χ2n) is 5.39. The van der Waals surface area contributed by atoms with E-state index in [-0.39, 0.29) is 36.5 Å². The largest absolute Gasteiger partial charge is 0.492 e. The molecule has 1 aromatic rings. The Morgan fingerprint density at radius 1 is 1.42 bits per heavy atom. The number of carbonyl (C=O) groups excluding carboxylic acids is 4. The summed E-state index contributed by atoms with van der Waals surface area (Å²) >= 11 is 6.44. The summed E-state index contributed by atoms with van der Waals surface area (Å²) < 4.78 is 5.37. The van der Waals surface area contributed by atoms with Gasteiger partial charge in [0, 0.05) is 25.6 Å². The van der Waals surface area contributed by atoms with Crippen molar-refractivity contribution < 1.29 is 23.9 Å². The van der Waals surface area contributed by atoms with Crippen molar-refractivity contribution in [3.05, 3.63) is 29.3 Å². The summed E-state index contributed by atoms with van der Waals surface area (Å²) in [5, 5.41) is 2.20. The molecule has 1 aliphatic heterocycles. The maximum atomic E-state index is 12.7. The van der Waals surface area contributed by atoms with Gasteiger partial charge in [-0.15, -0.1) is 23.3 Å². The van der Waals surface area contributed by atoms with Gasteiger partial charge in [0.1, 0.15) is 18.4 Å². The molecule has 1 aliphatic rings. The van der Waals surface area contributed by atoms with Gasteiger partial charge in [-0.2, -0.15) is 0 Å². The number of nitrogens with two attached hydrogens (primary N) is 1. The number of piperidine rings is 1. The topological polar surface area (TPSA) is 119 Å². The Morgan fingerprint density at radius 3 is 2.69 bits per heavy atom. The molecule has 1 heterocycles. The summed E-state index contributed by atoms with van der Waals surface area (Å²) in [5.74, 6) is -0.968. The van der Waals surface area contributed by atoms with Crippen LogP contribution in [-0.2, 0) is 9.59 Å². The van der Waals surface area contributed by atoms with Crippen molar-refractivity contribution in [3.8, 4) is 5.75 Å². The molecule has 1 aromatic carbocycles. The fraction of sp³-hybridized carbons (Fsp3) is 0.375. The van der Waals surface area contributed by atoms with Gasteiger partial charge >= 0.3 is 0 Å². The van der Waals surface area contributed by atoms with Crippen LogP contribution in [-0.4, -0.2) is 55.1 Å². The van der Waals surface area contributed by atoms with Crippen LogP contribution in [0.1, 0.15) is 33.6 Å². The molecule has 0 aliphatic carbocycles. The van der Waals surface area contributed by atoms with E-state index in [1.807, 2.05) is 0 Å². The molecular weight excluding hydrogens is 378 g/mol. The Kier molecular flexibility index (Phi) is 9.17. The number of aldehydes is 1. The van der Waals surface area contributed by atoms with E-state index in [4.69, 9.17) is 10.5 Å². The molecule has 2 rings (SSSR count). The highest BCUT2D eigenvalue weighted by atomic mass is 33.1. The molecule has 8 nitrogen and oxygen atoms in total. The molecule has 1 saturated heterocycles. The lowest BCUT2D eigenvalue weighted by Crippen LogP contribution is -2.53. The summed E-state index contributed by atoms with van der Waals surface area (Å²) in [6, 6.07) is 3.74. The number of benzene rings is 1. The molecule has 1 unspecified atom stereocenters. The van der Waals surface area contributed by atoms with Crippen LogP contribution >= 0.6 is 23.3 Å². The molecule has 3 amide bonds. The third-order valence-electron chi connectivity index (χ3n) is 3.77. The predicted molar refractivity (Wildman–Crippen MR) is 103 cm³/mol. The van der Waals surface area contributed by atoms with Gasteiger partial charge in [0.2, 0.25) is 11.8 Å². The number of imide groups is 1. The molecule has 3 N–H and O–H groups in total. The minimum Gasteiger partial charge on any atom is -0.492 e. The van der Waals surface area contributed by atoms with E-state index >= 15 is 0 Å². The number of likely N-dealkylation sites (N-methyl/N-ethyl adjacent to an activating group) is 1. The second kappa shape index (κ2) is 10.8. The normalized spacial score (nSPS) is 16.1. The lowest BCUT2D eigenvalue weighted by atomic mass is 10.0. The van der Waals surface area contributed by atoms with Crippen LogP contribution in [0.4, 0.5) is 0 Å². The Morgan fingerprint density at radius 2 is 2.12 bits per heavy atom. The van der Waals surface area contributed by atoms with E-state index in [0.717, 1.165) is 0 Å². The van der Waals surface area contributed by atoms with Crippen molar-refractivity contribution in [2.75, 3.05) is 20.2 Å². The smallest absolute Gasteiger partial charge is 0.255 e. The van der Waals surface area contributed by atoms with E-state index in [1.165, 1.54) is 24.1 Å². The molecular formula is C16H21N3O5S2. The minimum atomic E-state index is -0.761. The van der Waals surface area contributed by atoms with Crippen LogP contribution in [0.2, 0.25) is 0 Å². The Balaban J connectivity index is 0.00000163. The molecule has 1 atom stereocenters. The summed E-state index contributed by atoms with van der Waals surface area (Å²) in [6.45, 7) is 0.589. The lowest BCUT2D eigenvalue weighted by Gasteiger charge is -2.30. The van der Waals surface area contributed by atoms with Crippen molar-refractivity contribution in [2.24, 2.45) is 5.73 Å². The Bertz CT molecular complexity index is 684. The van der Waals surface area contributed by atoms with Gasteiger partial charge in [-0.25, -0.2) is 0 Å². The predicted octanol–water partition coefficient (Wildman–Crippen LogP) is 0.475. The minimum absolute atomic E-state index is 0.131. The van der Waals surface area contributed by atoms with Gasteiger partial charge in [0.25, 0.3) is 5.91 Å². The molecule has 26 heavy (non-hydrogen) atoms. The summed E-state index contributed by atoms with van der Waals surface area (Å²) in [4.78, 5) is 48.3. The Labute approximate surface area is 161 Å². The number of thiol groups is 2. The fourth-order valence-corrected chi connectivity index (χ4v) is 2.47. The molecule has 0 radical (unpaired) electrons. The van der Waals surface area contributed by atoms with E-state index < -0.39 is 17.9 Å². The molecule has 0 bridgehead atoms. The molecule has 0 spiro atoms. The van der Waals surface area contributed by atoms with Gasteiger partial charge in [0.05, 0.1) is 5.56 Å². The number of hydrogen-bond donors (Lipinski definition) is 4. The second-order valence-corrected chi connectivity index (χ2v) is 5.39. The highest BCUT2D eigenvalue weighted by Crippen LogP contribution is 2.21. The van der Waals surface area contributed by atoms with Crippen molar-refractivity contribution in [1.82, 2.24) is 10.2 Å². The third-order valence-corrected chi connectivity index (χ3v) is 3.77. The van der Waals surface area contributed by atoms with Gasteiger partial charge in [-0.05, 0) is 24.6 Å². The van der Waals surface area contributed by atoms with Crippen molar-refractivity contribution in [2.45, 2.75) is 18.9 Å². The molecule has 0 saturated carbocycles. The van der Waals surface area contributed by atoms with Gasteiger partial charge in [-0.3, -0.25) is 24.5 Å². The number of amides is 3. The summed E-state index contributed by atoms with van der Waals surface area (Å²) in [7, 11) is 1.46. The van der Waals surface area contributed by atoms with Crippen molar-refractivity contribution in [3.63, 3.8) is 0 Å². The zero-order valence-electron chi connectivity index (χ0n) is 14.2. The van der Waals surface area contributed by atoms with Crippen LogP contribution in [0.3, 0.4) is 0 Å². The first kappa shape index (κ1) is 22.0. The SMILES string of the molecule is CN(C(=O)c1cc(OCCN)ccc1C=O)C1CCC(=O)NC1=O.SS. The van der Waals surface area contributed by atoms with E-state index in [9.17, 15) is 19.2 Å². The van der Waals surface area contributed by atoms with Crippen molar-refractivity contribution in [1.29, 1.82) is 0 Å². The standard InChI is InChI=1S/C16H19N3O5.H2S2/c1-19(13-4-5-14(21)18-15(13)22)16(23)12-8-11(24-7-6-17)3-2-10(12)9-20;1-2/h2-3,8-9,13H,4-7,17H2,1H3,(H,18,21,22);1-2H. The van der Waals surface area contributed by atoms with Gasteiger partial charge in [-0.1, -0.05) is 0 Å². The Hall–Kier alpha value is -2.04. The average Bonchev–Trinajstić information content (AvgIpc) is 2.66. The number of nitrogens with zero attached hydrogens (tertiary/aromatic N) is 1. The quantitative estimate of drug-likeness (QED) is 0.239. The van der Waals surface area contributed by atoms with Crippen LogP contribution in [0.15, 0.2) is 18.2 Å². The maximum Gasteiger partial charge on any atom is 0.255 e. The third kappa shape index (κ3) is 5.48. The van der Waals surface area contributed by atoms with E-state index in [2.05, 4.69) is 28.6 Å². The van der Waals surface area contributed by atoms with Crippen LogP contribution in [0, 0.1) is 0 Å².